The fourth-order valence-electron chi connectivity index (χ4n) is 4.61. The van der Waals surface area contributed by atoms with Gasteiger partial charge in [0, 0.05) is 11.6 Å². The number of aryl methyl sites for hydroxylation is 1. The lowest BCUT2D eigenvalue weighted by molar-refractivity contribution is 0.0842. The van der Waals surface area contributed by atoms with E-state index >= 15 is 0 Å². The van der Waals surface area contributed by atoms with Crippen LogP contribution >= 0.6 is 0 Å². The predicted octanol–water partition coefficient (Wildman–Crippen LogP) is 6.62. The van der Waals surface area contributed by atoms with Gasteiger partial charge in [-0.2, -0.15) is 0 Å². The monoisotopic (exact) mass is 490 g/mol. The molecule has 2 aromatic carbocycles. The molecule has 0 fully saturated rings. The summed E-state index contributed by atoms with van der Waals surface area (Å²) in [4.78, 5) is 13.1. The minimum Gasteiger partial charge on any atom is -0.507 e. The van der Waals surface area contributed by atoms with Crippen molar-refractivity contribution in [3.05, 3.63) is 75.9 Å². The lowest BCUT2D eigenvalue weighted by Gasteiger charge is -2.34. The number of carbonyl (C=O) groups is 1. The number of phenolic OH excluding ortho intramolecular Hbond substituents is 3. The Balaban J connectivity index is 1.61. The lowest BCUT2D eigenvalue weighted by Crippen LogP contribution is -2.34. The smallest absolute Gasteiger partial charge is 0.174 e. The van der Waals surface area contributed by atoms with Gasteiger partial charge in [-0.25, -0.2) is 0 Å². The normalized spacial score (nSPS) is 20.7. The van der Waals surface area contributed by atoms with Crippen molar-refractivity contribution in [3.63, 3.8) is 0 Å². The number of phenols is 3. The van der Waals surface area contributed by atoms with Crippen LogP contribution in [0.5, 0.6) is 28.7 Å². The van der Waals surface area contributed by atoms with E-state index in [2.05, 4.69) is 0 Å². The van der Waals surface area contributed by atoms with E-state index < -0.39 is 11.7 Å². The number of ketones is 1. The van der Waals surface area contributed by atoms with Crippen LogP contribution in [0.2, 0.25) is 0 Å². The van der Waals surface area contributed by atoms with E-state index in [1.807, 2.05) is 65.0 Å². The molecule has 0 saturated carbocycles. The molecule has 0 amide bonds. The molecule has 2 heterocycles. The second-order valence-electron chi connectivity index (χ2n) is 10.4. The van der Waals surface area contributed by atoms with Gasteiger partial charge >= 0.3 is 0 Å². The first-order chi connectivity index (χ1) is 17.0. The molecular weight excluding hydrogens is 456 g/mol. The summed E-state index contributed by atoms with van der Waals surface area (Å²) in [6.45, 7) is 9.89. The molecule has 0 bridgehead atoms. The number of hydrogen-bond acceptors (Lipinski definition) is 6. The first kappa shape index (κ1) is 25.4. The molecule has 2 atom stereocenters. The van der Waals surface area contributed by atoms with Gasteiger partial charge in [0.15, 0.2) is 17.3 Å². The van der Waals surface area contributed by atoms with Crippen LogP contribution in [-0.2, 0) is 12.8 Å². The third kappa shape index (κ3) is 5.13. The van der Waals surface area contributed by atoms with E-state index in [1.165, 1.54) is 11.6 Å². The van der Waals surface area contributed by atoms with Crippen LogP contribution in [0, 0.1) is 0 Å². The fraction of sp³-hybridized carbons (Fsp3) is 0.367. The van der Waals surface area contributed by atoms with Gasteiger partial charge in [-0.3, -0.25) is 4.79 Å². The number of fused-ring (bicyclic) bond motifs is 2. The van der Waals surface area contributed by atoms with E-state index in [-0.39, 0.29) is 40.8 Å². The van der Waals surface area contributed by atoms with E-state index in [4.69, 9.17) is 9.47 Å². The van der Waals surface area contributed by atoms with Gasteiger partial charge in [0.25, 0.3) is 0 Å². The van der Waals surface area contributed by atoms with Crippen molar-refractivity contribution in [2.45, 2.75) is 72.0 Å². The summed E-state index contributed by atoms with van der Waals surface area (Å²) in [6.07, 6.45) is 8.95. The van der Waals surface area contributed by atoms with Crippen LogP contribution in [0.4, 0.5) is 0 Å². The van der Waals surface area contributed by atoms with Crippen molar-refractivity contribution in [2.75, 3.05) is 0 Å². The Morgan fingerprint density at radius 2 is 1.83 bits per heavy atom. The van der Waals surface area contributed by atoms with Crippen LogP contribution in [0.1, 0.15) is 80.6 Å². The Morgan fingerprint density at radius 1 is 1.08 bits per heavy atom. The number of benzene rings is 2. The van der Waals surface area contributed by atoms with E-state index in [1.54, 1.807) is 6.07 Å². The molecular formula is C30H34O6. The highest BCUT2D eigenvalue weighted by atomic mass is 16.5. The Labute approximate surface area is 212 Å². The first-order valence-electron chi connectivity index (χ1n) is 12.3. The van der Waals surface area contributed by atoms with Crippen LogP contribution in [0.15, 0.2) is 53.6 Å². The van der Waals surface area contributed by atoms with Crippen molar-refractivity contribution in [1.29, 1.82) is 0 Å². The molecule has 2 aliphatic heterocycles. The maximum absolute atomic E-state index is 13.1. The van der Waals surface area contributed by atoms with Crippen molar-refractivity contribution < 1.29 is 29.6 Å². The summed E-state index contributed by atoms with van der Waals surface area (Å²) in [6, 6.07) is 4.86. The molecule has 0 spiro atoms. The maximum atomic E-state index is 13.1. The Bertz CT molecular complexity index is 1290. The fourth-order valence-corrected chi connectivity index (χ4v) is 4.61. The third-order valence-corrected chi connectivity index (χ3v) is 6.62. The van der Waals surface area contributed by atoms with Gasteiger partial charge < -0.3 is 24.8 Å². The number of aromatic hydroxyl groups is 3. The quantitative estimate of drug-likeness (QED) is 0.322. The van der Waals surface area contributed by atoms with Gasteiger partial charge in [0.05, 0.1) is 6.42 Å². The molecule has 2 aliphatic rings. The predicted molar refractivity (Wildman–Crippen MR) is 139 cm³/mol. The zero-order valence-corrected chi connectivity index (χ0v) is 21.5. The van der Waals surface area contributed by atoms with Crippen LogP contribution in [-0.4, -0.2) is 26.7 Å². The van der Waals surface area contributed by atoms with Gasteiger partial charge in [-0.1, -0.05) is 29.4 Å². The third-order valence-electron chi connectivity index (χ3n) is 6.62. The highest BCUT2D eigenvalue weighted by molar-refractivity contribution is 6.03. The summed E-state index contributed by atoms with van der Waals surface area (Å²) < 4.78 is 12.3. The summed E-state index contributed by atoms with van der Waals surface area (Å²) in [5.74, 6) is -0.0718. The molecule has 0 aromatic heterocycles. The topological polar surface area (TPSA) is 96.2 Å². The number of Topliss-reactive ketones (excluding diaryl/α,β-unsaturated/α-hetero) is 1. The highest BCUT2D eigenvalue weighted by Gasteiger charge is 2.35. The number of allylic oxidation sites excluding steroid dienone is 5. The van der Waals surface area contributed by atoms with Crippen molar-refractivity contribution in [1.82, 2.24) is 0 Å². The molecule has 4 rings (SSSR count). The van der Waals surface area contributed by atoms with E-state index in [0.717, 1.165) is 17.6 Å². The molecule has 3 N–H and O–H groups in total. The summed E-state index contributed by atoms with van der Waals surface area (Å²) in [7, 11) is 0. The minimum absolute atomic E-state index is 0.00588. The Morgan fingerprint density at radius 3 is 2.53 bits per heavy atom. The summed E-state index contributed by atoms with van der Waals surface area (Å²) in [5.41, 5.74) is 3.57. The molecule has 36 heavy (non-hydrogen) atoms. The number of hydrogen-bond donors (Lipinski definition) is 3. The van der Waals surface area contributed by atoms with Crippen molar-refractivity contribution in [3.8, 4) is 28.7 Å². The average Bonchev–Trinajstić information content (AvgIpc) is 2.78. The van der Waals surface area contributed by atoms with Gasteiger partial charge in [-0.05, 0) is 83.2 Å². The second kappa shape index (κ2) is 9.76. The molecule has 6 nitrogen and oxygen atoms in total. The molecule has 190 valence electrons. The number of ether oxygens (including phenoxy) is 2. The van der Waals surface area contributed by atoms with Gasteiger partial charge in [0.1, 0.15) is 34.5 Å². The standard InChI is InChI=1S/C30H34O6/c1-17(2)7-6-11-30(5)12-10-19-13-20(14-24(33)29(19)36-30)25-16-23(32)27-26(35-25)15-22(31)21(28(27)34)9-8-18(3)4/h6-8,11,13-15,25,31,33-34H,9-10,12,16H2,1-5H3/b11-6+/t25-,30+/m0/s1. The molecule has 2 aromatic rings. The molecule has 0 radical (unpaired) electrons. The van der Waals surface area contributed by atoms with Crippen LogP contribution < -0.4 is 9.47 Å². The van der Waals surface area contributed by atoms with Crippen LogP contribution in [0.25, 0.3) is 0 Å². The summed E-state index contributed by atoms with van der Waals surface area (Å²) >= 11 is 0. The van der Waals surface area contributed by atoms with Crippen LogP contribution in [0.3, 0.4) is 0 Å². The lowest BCUT2D eigenvalue weighted by atomic mass is 9.88. The van der Waals surface area contributed by atoms with Gasteiger partial charge in [-0.15, -0.1) is 0 Å². The van der Waals surface area contributed by atoms with E-state index in [0.29, 0.717) is 29.7 Å². The molecule has 0 unspecified atom stereocenters. The number of carbonyl (C=O) groups excluding carboxylic acids is 1. The number of rotatable bonds is 5. The average molecular weight is 491 g/mol. The minimum atomic E-state index is -0.658. The SMILES string of the molecule is CC(C)=C/C=C/[C@]1(C)CCc2cc([C@@H]3CC(=O)c4c(cc(O)c(CC=C(C)C)c4O)O3)cc(O)c2O1. The second-order valence-corrected chi connectivity index (χ2v) is 10.4. The highest BCUT2D eigenvalue weighted by Crippen LogP contribution is 2.47. The zero-order chi connectivity index (χ0) is 26.2. The molecule has 0 saturated heterocycles. The maximum Gasteiger partial charge on any atom is 0.174 e. The summed E-state index contributed by atoms with van der Waals surface area (Å²) in [5, 5.41) is 32.1. The van der Waals surface area contributed by atoms with E-state index in [9.17, 15) is 20.1 Å². The van der Waals surface area contributed by atoms with Crippen molar-refractivity contribution in [2.24, 2.45) is 0 Å². The Hall–Kier alpha value is -3.67. The first-order valence-corrected chi connectivity index (χ1v) is 12.3. The Kier molecular flexibility index (Phi) is 6.90. The molecule has 6 heteroatoms. The molecule has 0 aliphatic carbocycles. The zero-order valence-electron chi connectivity index (χ0n) is 21.5. The largest absolute Gasteiger partial charge is 0.507 e. The van der Waals surface area contributed by atoms with Crippen molar-refractivity contribution >= 4 is 5.78 Å². The van der Waals surface area contributed by atoms with Gasteiger partial charge in [0.2, 0.25) is 0 Å².